The van der Waals surface area contributed by atoms with Crippen LogP contribution in [0.15, 0.2) is 12.7 Å². The van der Waals surface area contributed by atoms with Crippen molar-refractivity contribution in [2.75, 3.05) is 22.9 Å². The summed E-state index contributed by atoms with van der Waals surface area (Å²) in [5.74, 6) is 0.0852. The minimum absolute atomic E-state index is 0.00926. The third-order valence-electron chi connectivity index (χ3n) is 7.73. The van der Waals surface area contributed by atoms with Gasteiger partial charge in [0.05, 0.1) is 30.1 Å². The predicted octanol–water partition coefficient (Wildman–Crippen LogP) is 3.79. The van der Waals surface area contributed by atoms with Crippen molar-refractivity contribution in [3.8, 4) is 0 Å². The van der Waals surface area contributed by atoms with Crippen LogP contribution in [-0.4, -0.2) is 57.4 Å². The van der Waals surface area contributed by atoms with Gasteiger partial charge < -0.3 is 15.4 Å². The van der Waals surface area contributed by atoms with Crippen molar-refractivity contribution in [1.82, 2.24) is 15.6 Å². The van der Waals surface area contributed by atoms with E-state index in [-0.39, 0.29) is 58.7 Å². The number of ether oxygens (including phenoxy) is 1. The molecule has 2 aliphatic rings. The van der Waals surface area contributed by atoms with Crippen molar-refractivity contribution >= 4 is 11.9 Å². The first kappa shape index (κ1) is 36.2. The quantitative estimate of drug-likeness (QED) is 0.0773. The zero-order valence-corrected chi connectivity index (χ0v) is 29.7. The fraction of sp³-hybridized carbons (Fsp3) is 0.875. The van der Waals surface area contributed by atoms with Crippen LogP contribution in [0.5, 0.6) is 0 Å². The van der Waals surface area contributed by atoms with Gasteiger partial charge in [0.15, 0.2) is 0 Å². The highest BCUT2D eigenvalue weighted by molar-refractivity contribution is 5.69. The Labute approximate surface area is 265 Å². The first-order valence-corrected chi connectivity index (χ1v) is 16.1. The highest BCUT2D eigenvalue weighted by Gasteiger charge is 2.41. The Kier molecular flexibility index (Phi) is 10.9. The molecule has 0 saturated carbocycles. The van der Waals surface area contributed by atoms with Crippen molar-refractivity contribution in [2.45, 2.75) is 168 Å². The van der Waals surface area contributed by atoms with E-state index in [1.54, 1.807) is 6.33 Å². The van der Waals surface area contributed by atoms with E-state index in [1.165, 1.54) is 0 Å². The maximum absolute atomic E-state index is 12.4. The lowest BCUT2D eigenvalue weighted by Gasteiger charge is -2.46. The number of esters is 1. The molecule has 5 N–H and O–H groups in total. The first-order valence-electron chi connectivity index (χ1n) is 16.1. The van der Waals surface area contributed by atoms with Crippen molar-refractivity contribution in [3.63, 3.8) is 0 Å². The van der Waals surface area contributed by atoms with E-state index in [0.29, 0.717) is 5.95 Å². The third-order valence-corrected chi connectivity index (χ3v) is 7.73. The average Bonchev–Trinajstić information content (AvgIpc) is 2.73. The fourth-order valence-corrected chi connectivity index (χ4v) is 7.77. The van der Waals surface area contributed by atoms with Gasteiger partial charge in [-0.3, -0.25) is 4.79 Å². The molecule has 0 atom stereocenters. The molecule has 0 unspecified atom stereocenters. The zero-order chi connectivity index (χ0) is 33.2. The normalized spacial score (nSPS) is 21.8. The van der Waals surface area contributed by atoms with Crippen molar-refractivity contribution < 1.29 is 28.8 Å². The molecule has 252 valence electrons. The fourth-order valence-electron chi connectivity index (χ4n) is 7.77. The minimum Gasteiger partial charge on any atom is -0.460 e. The molecule has 3 heterocycles. The van der Waals surface area contributed by atoms with Gasteiger partial charge in [-0.05, 0) is 111 Å². The van der Waals surface area contributed by atoms with Gasteiger partial charge in [0.25, 0.3) is 0 Å². The Bertz CT molecular complexity index is 1100. The van der Waals surface area contributed by atoms with Gasteiger partial charge >= 0.3 is 24.6 Å². The van der Waals surface area contributed by atoms with Crippen molar-refractivity contribution in [1.29, 1.82) is 0 Å². The summed E-state index contributed by atoms with van der Waals surface area (Å²) in [6.45, 7) is 28.2. The van der Waals surface area contributed by atoms with Gasteiger partial charge in [0, 0.05) is 22.2 Å². The molecule has 3 rings (SSSR count). The van der Waals surface area contributed by atoms with Crippen LogP contribution in [0.3, 0.4) is 0 Å². The number of rotatable bonds is 12. The molecule has 1 aromatic rings. The molecule has 0 amide bonds. The van der Waals surface area contributed by atoms with Crippen LogP contribution in [0, 0.1) is 5.41 Å². The number of nitrogens with zero attached hydrogens (tertiary/aromatic N) is 3. The lowest BCUT2D eigenvalue weighted by molar-refractivity contribution is -0.785. The average molecular weight is 623 g/mol. The molecule has 0 bridgehead atoms. The molecule has 0 aromatic carbocycles. The maximum atomic E-state index is 12.4. The number of hydrogen-bond donors (Lipinski definition) is 5. The number of anilines is 1. The molecular formula is C32H62N8O4+2. The number of piperidine rings is 2. The highest BCUT2D eigenvalue weighted by Crippen LogP contribution is 2.31. The Morgan fingerprint density at radius 3 is 1.89 bits per heavy atom. The van der Waals surface area contributed by atoms with E-state index in [0.717, 1.165) is 32.1 Å². The molecule has 1 aromatic heterocycles. The number of hydrogen-bond acceptors (Lipinski definition) is 10. The van der Waals surface area contributed by atoms with Crippen LogP contribution in [0.25, 0.3) is 0 Å². The van der Waals surface area contributed by atoms with Crippen LogP contribution in [-0.2, 0) is 19.4 Å². The van der Waals surface area contributed by atoms with E-state index in [2.05, 4.69) is 108 Å². The number of carbonyl (C=O) groups excluding carboxylic acids is 1. The summed E-state index contributed by atoms with van der Waals surface area (Å²) < 4.78 is 9.41. The van der Waals surface area contributed by atoms with Gasteiger partial charge in [-0.15, -0.1) is 10.5 Å². The molecule has 12 heteroatoms. The summed E-state index contributed by atoms with van der Waals surface area (Å²) in [7, 11) is 0. The van der Waals surface area contributed by atoms with E-state index < -0.39 is 5.60 Å². The van der Waals surface area contributed by atoms with Crippen LogP contribution >= 0.6 is 0 Å². The van der Waals surface area contributed by atoms with E-state index in [1.807, 2.05) is 29.5 Å². The summed E-state index contributed by atoms with van der Waals surface area (Å²) in [5.41, 5.74) is 9.53. The number of aromatic nitrogens is 3. The van der Waals surface area contributed by atoms with Crippen molar-refractivity contribution in [2.24, 2.45) is 5.41 Å². The van der Waals surface area contributed by atoms with Crippen LogP contribution < -0.4 is 36.3 Å². The van der Waals surface area contributed by atoms with Gasteiger partial charge in [-0.25, -0.2) is 15.7 Å². The maximum Gasteiger partial charge on any atom is 0.524 e. The molecule has 44 heavy (non-hydrogen) atoms. The Balaban J connectivity index is 1.66. The van der Waals surface area contributed by atoms with Crippen LogP contribution in [0.4, 0.5) is 5.95 Å². The Morgan fingerprint density at radius 2 is 1.39 bits per heavy atom. The van der Waals surface area contributed by atoms with Gasteiger partial charge in [-0.2, -0.15) is 0 Å². The smallest absolute Gasteiger partial charge is 0.460 e. The van der Waals surface area contributed by atoms with Crippen LogP contribution in [0.2, 0.25) is 0 Å². The summed E-state index contributed by atoms with van der Waals surface area (Å²) in [6, 6.07) is 0.429. The standard InChI is InChI=1S/C32H61N8O4/c1-27(2,3)20-32(12,13)43-25(41)14-15-42-44-36-26-33-21-39(34-23-16-28(4,5)37-29(6,7)17-23)22-40(26)35-24-18-30(8,9)38-31(10,11)19-24/h21-24,34-35,37-38H,14-20H2,1-13H3/q+1/p+1. The lowest BCUT2D eigenvalue weighted by Crippen LogP contribution is -2.68. The molecule has 0 spiro atoms. The topological polar surface area (TPSA) is 126 Å². The molecule has 2 saturated heterocycles. The second kappa shape index (κ2) is 13.2. The monoisotopic (exact) mass is 622 g/mol. The molecule has 0 aliphatic carbocycles. The molecule has 12 nitrogen and oxygen atoms in total. The molecule has 2 fully saturated rings. The Hall–Kier alpha value is -2.28. The minimum atomic E-state index is -0.555. The highest BCUT2D eigenvalue weighted by atomic mass is 17.3. The predicted molar refractivity (Wildman–Crippen MR) is 171 cm³/mol. The van der Waals surface area contributed by atoms with Gasteiger partial charge in [0.2, 0.25) is 0 Å². The van der Waals surface area contributed by atoms with Gasteiger partial charge in [-0.1, -0.05) is 25.4 Å². The van der Waals surface area contributed by atoms with E-state index in [9.17, 15) is 4.79 Å². The Morgan fingerprint density at radius 1 is 0.886 bits per heavy atom. The summed E-state index contributed by atoms with van der Waals surface area (Å²) >= 11 is 0. The number of nitrogens with one attached hydrogen (secondary N) is 5. The number of carbonyl (C=O) groups is 1. The molecule has 2 aliphatic heterocycles. The van der Waals surface area contributed by atoms with Crippen LogP contribution in [0.1, 0.15) is 129 Å². The van der Waals surface area contributed by atoms with Crippen molar-refractivity contribution in [3.05, 3.63) is 12.7 Å². The lowest BCUT2D eigenvalue weighted by atomic mass is 9.80. The second-order valence-electron chi connectivity index (χ2n) is 17.4. The SMILES string of the molecule is CC(C)(C)CC(C)(C)OC(=O)CCOONc1nc[n+](NC2CC(C)(C)NC(C)(C)C2)c[n+]1NC1CC(C)(C)NC(C)(C)C1. The largest absolute Gasteiger partial charge is 0.524 e. The first-order chi connectivity index (χ1) is 19.9. The zero-order valence-electron chi connectivity index (χ0n) is 29.7. The third kappa shape index (κ3) is 12.3. The van der Waals surface area contributed by atoms with E-state index >= 15 is 0 Å². The van der Waals surface area contributed by atoms with E-state index in [4.69, 9.17) is 14.6 Å². The van der Waals surface area contributed by atoms with Gasteiger partial charge in [0.1, 0.15) is 5.60 Å². The molecule has 0 radical (unpaired) electrons. The summed E-state index contributed by atoms with van der Waals surface area (Å²) in [6.07, 6.45) is 8.27. The molecular weight excluding hydrogens is 560 g/mol. The summed E-state index contributed by atoms with van der Waals surface area (Å²) in [5, 5.41) is 7.48. The summed E-state index contributed by atoms with van der Waals surface area (Å²) in [4.78, 5) is 27.7. The second-order valence-corrected chi connectivity index (χ2v) is 17.4.